The molecule has 3 rings (SSSR count). The average molecular weight is 488 g/mol. The minimum Gasteiger partial charge on any atom is -0.354 e. The van der Waals surface area contributed by atoms with E-state index in [0.717, 1.165) is 18.4 Å². The SMILES string of the molecule is CCCCNC(=O)[C@H](CC)N(Cc1ccccc1Cl)C(=O)CCN1C(=O)[C@H]2CC=CC[C@H]2C1=O. The van der Waals surface area contributed by atoms with Crippen LogP contribution >= 0.6 is 11.6 Å². The van der Waals surface area contributed by atoms with Crippen LogP contribution in [0.5, 0.6) is 0 Å². The molecule has 1 aliphatic heterocycles. The number of allylic oxidation sites excluding steroid dienone is 2. The number of hydrogen-bond donors (Lipinski definition) is 1. The first-order valence-electron chi connectivity index (χ1n) is 12.2. The van der Waals surface area contributed by atoms with Gasteiger partial charge in [0.25, 0.3) is 0 Å². The number of carbonyl (C=O) groups excluding carboxylic acids is 4. The van der Waals surface area contributed by atoms with Gasteiger partial charge in [-0.05, 0) is 37.3 Å². The van der Waals surface area contributed by atoms with Crippen LogP contribution in [0.25, 0.3) is 0 Å². The van der Waals surface area contributed by atoms with Crippen molar-refractivity contribution < 1.29 is 19.2 Å². The van der Waals surface area contributed by atoms with Crippen LogP contribution in [0.3, 0.4) is 0 Å². The van der Waals surface area contributed by atoms with E-state index in [1.807, 2.05) is 44.2 Å². The quantitative estimate of drug-likeness (QED) is 0.293. The molecule has 0 radical (unpaired) electrons. The summed E-state index contributed by atoms with van der Waals surface area (Å²) in [6.07, 6.45) is 7.22. The third kappa shape index (κ3) is 5.87. The minimum atomic E-state index is -0.669. The van der Waals surface area contributed by atoms with Gasteiger partial charge in [-0.25, -0.2) is 0 Å². The Morgan fingerprint density at radius 1 is 1.12 bits per heavy atom. The maximum atomic E-state index is 13.4. The van der Waals surface area contributed by atoms with Crippen molar-refractivity contribution in [3.05, 3.63) is 47.0 Å². The van der Waals surface area contributed by atoms with E-state index < -0.39 is 6.04 Å². The summed E-state index contributed by atoms with van der Waals surface area (Å²) in [7, 11) is 0. The maximum absolute atomic E-state index is 13.4. The van der Waals surface area contributed by atoms with Gasteiger partial charge in [-0.3, -0.25) is 24.1 Å². The lowest BCUT2D eigenvalue weighted by Crippen LogP contribution is -2.50. The molecule has 0 spiro atoms. The topological polar surface area (TPSA) is 86.8 Å². The van der Waals surface area contributed by atoms with E-state index in [4.69, 9.17) is 11.6 Å². The molecule has 1 N–H and O–H groups in total. The Bertz CT molecular complexity index is 922. The molecule has 0 unspecified atom stereocenters. The van der Waals surface area contributed by atoms with E-state index >= 15 is 0 Å². The third-order valence-corrected chi connectivity index (χ3v) is 7.03. The molecule has 4 amide bonds. The highest BCUT2D eigenvalue weighted by Gasteiger charge is 2.47. The van der Waals surface area contributed by atoms with E-state index in [2.05, 4.69) is 5.32 Å². The summed E-state index contributed by atoms with van der Waals surface area (Å²) >= 11 is 6.35. The monoisotopic (exact) mass is 487 g/mol. The highest BCUT2D eigenvalue weighted by molar-refractivity contribution is 6.31. The molecular formula is C26H34ClN3O4. The van der Waals surface area contributed by atoms with Crippen molar-refractivity contribution in [3.63, 3.8) is 0 Å². The number of imide groups is 1. The number of fused-ring (bicyclic) bond motifs is 1. The number of amides is 4. The number of likely N-dealkylation sites (tertiary alicyclic amines) is 1. The molecule has 2 aliphatic rings. The number of halogens is 1. The van der Waals surface area contributed by atoms with Crippen LogP contribution in [0.15, 0.2) is 36.4 Å². The molecule has 184 valence electrons. The highest BCUT2D eigenvalue weighted by atomic mass is 35.5. The zero-order chi connectivity index (χ0) is 24.7. The van der Waals surface area contributed by atoms with E-state index in [-0.39, 0.29) is 55.0 Å². The molecule has 7 nitrogen and oxygen atoms in total. The minimum absolute atomic E-state index is 0.0242. The lowest BCUT2D eigenvalue weighted by atomic mass is 9.85. The molecule has 0 saturated carbocycles. The normalized spacial score (nSPS) is 20.3. The molecule has 0 bridgehead atoms. The number of rotatable bonds is 11. The zero-order valence-electron chi connectivity index (χ0n) is 20.0. The lowest BCUT2D eigenvalue weighted by molar-refractivity contribution is -0.144. The van der Waals surface area contributed by atoms with Crippen LogP contribution in [0.2, 0.25) is 5.02 Å². The largest absolute Gasteiger partial charge is 0.354 e. The second-order valence-corrected chi connectivity index (χ2v) is 9.32. The second-order valence-electron chi connectivity index (χ2n) is 8.92. The van der Waals surface area contributed by atoms with Crippen molar-refractivity contribution in [1.29, 1.82) is 0 Å². The number of hydrogen-bond acceptors (Lipinski definition) is 4. The maximum Gasteiger partial charge on any atom is 0.242 e. The smallest absolute Gasteiger partial charge is 0.242 e. The number of benzene rings is 1. The summed E-state index contributed by atoms with van der Waals surface area (Å²) in [6.45, 7) is 4.66. The summed E-state index contributed by atoms with van der Waals surface area (Å²) < 4.78 is 0. The van der Waals surface area contributed by atoms with Gasteiger partial charge in [0, 0.05) is 31.1 Å². The zero-order valence-corrected chi connectivity index (χ0v) is 20.7. The fraction of sp³-hybridized carbons (Fsp3) is 0.538. The second kappa shape index (κ2) is 12.2. The Morgan fingerprint density at radius 3 is 2.35 bits per heavy atom. The first kappa shape index (κ1) is 25.9. The van der Waals surface area contributed by atoms with Gasteiger partial charge in [0.15, 0.2) is 0 Å². The van der Waals surface area contributed by atoms with Crippen molar-refractivity contribution >= 4 is 35.2 Å². The van der Waals surface area contributed by atoms with Gasteiger partial charge < -0.3 is 10.2 Å². The molecule has 34 heavy (non-hydrogen) atoms. The van der Waals surface area contributed by atoms with Crippen LogP contribution < -0.4 is 5.32 Å². The fourth-order valence-electron chi connectivity index (χ4n) is 4.68. The molecule has 8 heteroatoms. The average Bonchev–Trinajstić information content (AvgIpc) is 3.08. The summed E-state index contributed by atoms with van der Waals surface area (Å²) in [5, 5.41) is 3.44. The summed E-state index contributed by atoms with van der Waals surface area (Å²) in [4.78, 5) is 54.7. The Kier molecular flexibility index (Phi) is 9.28. The van der Waals surface area contributed by atoms with Gasteiger partial charge >= 0.3 is 0 Å². The van der Waals surface area contributed by atoms with Crippen LogP contribution in [0.4, 0.5) is 0 Å². The fourth-order valence-corrected chi connectivity index (χ4v) is 4.87. The van der Waals surface area contributed by atoms with E-state index in [9.17, 15) is 19.2 Å². The number of nitrogens with one attached hydrogen (secondary N) is 1. The number of nitrogens with zero attached hydrogens (tertiary/aromatic N) is 2. The van der Waals surface area contributed by atoms with Crippen LogP contribution in [0.1, 0.15) is 57.9 Å². The van der Waals surface area contributed by atoms with Crippen LogP contribution in [0, 0.1) is 11.8 Å². The summed E-state index contributed by atoms with van der Waals surface area (Å²) in [6, 6.07) is 6.56. The highest BCUT2D eigenvalue weighted by Crippen LogP contribution is 2.35. The summed E-state index contributed by atoms with van der Waals surface area (Å²) in [5.74, 6) is -1.53. The van der Waals surface area contributed by atoms with Crippen molar-refractivity contribution in [3.8, 4) is 0 Å². The van der Waals surface area contributed by atoms with Crippen molar-refractivity contribution in [1.82, 2.24) is 15.1 Å². The predicted octanol–water partition coefficient (Wildman–Crippen LogP) is 3.70. The van der Waals surface area contributed by atoms with Crippen molar-refractivity contribution in [2.24, 2.45) is 11.8 Å². The Morgan fingerprint density at radius 2 is 1.76 bits per heavy atom. The molecule has 3 atom stereocenters. The van der Waals surface area contributed by atoms with Gasteiger partial charge in [-0.15, -0.1) is 0 Å². The Labute approximate surface area is 206 Å². The third-order valence-electron chi connectivity index (χ3n) is 6.66. The molecule has 1 saturated heterocycles. The van der Waals surface area contributed by atoms with Crippen molar-refractivity contribution in [2.75, 3.05) is 13.1 Å². The Balaban J connectivity index is 1.74. The van der Waals surface area contributed by atoms with Gasteiger partial charge in [-0.2, -0.15) is 0 Å². The van der Waals surface area contributed by atoms with E-state index in [0.29, 0.717) is 30.8 Å². The van der Waals surface area contributed by atoms with Gasteiger partial charge in [-0.1, -0.05) is 62.2 Å². The lowest BCUT2D eigenvalue weighted by Gasteiger charge is -2.31. The molecule has 1 aliphatic carbocycles. The molecule has 1 aromatic rings. The van der Waals surface area contributed by atoms with Crippen molar-refractivity contribution in [2.45, 2.75) is 65.0 Å². The van der Waals surface area contributed by atoms with E-state index in [1.165, 1.54) is 9.80 Å². The summed E-state index contributed by atoms with van der Waals surface area (Å²) in [5.41, 5.74) is 0.739. The van der Waals surface area contributed by atoms with Gasteiger partial charge in [0.05, 0.1) is 11.8 Å². The first-order valence-corrected chi connectivity index (χ1v) is 12.6. The number of carbonyl (C=O) groups is 4. The first-order chi connectivity index (χ1) is 16.4. The Hall–Kier alpha value is -2.67. The van der Waals surface area contributed by atoms with Crippen LogP contribution in [-0.4, -0.2) is 52.6 Å². The molecule has 1 fully saturated rings. The molecule has 1 heterocycles. The van der Waals surface area contributed by atoms with Crippen LogP contribution in [-0.2, 0) is 25.7 Å². The molecular weight excluding hydrogens is 454 g/mol. The number of unbranched alkanes of at least 4 members (excludes halogenated alkanes) is 1. The molecule has 0 aromatic heterocycles. The standard InChI is InChI=1S/C26H34ClN3O4/c1-3-5-15-28-24(32)22(4-2)30(17-18-10-6-9-13-21(18)27)23(31)14-16-29-25(33)19-11-7-8-12-20(19)26(29)34/h6-10,13,19-20,22H,3-5,11-12,14-17H2,1-2H3,(H,28,32)/t19-,20+,22-/m0/s1. The van der Waals surface area contributed by atoms with Gasteiger partial charge in [0.1, 0.15) is 6.04 Å². The van der Waals surface area contributed by atoms with E-state index in [1.54, 1.807) is 6.07 Å². The molecule has 1 aromatic carbocycles. The van der Waals surface area contributed by atoms with Gasteiger partial charge in [0.2, 0.25) is 23.6 Å². The predicted molar refractivity (Wildman–Crippen MR) is 131 cm³/mol.